The molecule has 0 unspecified atom stereocenters. The average Bonchev–Trinajstić information content (AvgIpc) is 2.28. The van der Waals surface area contributed by atoms with Gasteiger partial charge in [-0.3, -0.25) is 9.59 Å². The van der Waals surface area contributed by atoms with Gasteiger partial charge in [0.05, 0.1) is 19.4 Å². The minimum Gasteiger partial charge on any atom is -0.481 e. The predicted molar refractivity (Wildman–Crippen MR) is 67.7 cm³/mol. The lowest BCUT2D eigenvalue weighted by atomic mass is 9.92. The van der Waals surface area contributed by atoms with Crippen molar-refractivity contribution in [1.29, 1.82) is 0 Å². The highest BCUT2D eigenvalue weighted by atomic mass is 35.5. The average molecular weight is 271 g/mol. The number of carboxylic acids is 1. The smallest absolute Gasteiger partial charge is 0.306 e. The van der Waals surface area contributed by atoms with Crippen molar-refractivity contribution in [3.05, 3.63) is 34.9 Å². The second-order valence-corrected chi connectivity index (χ2v) is 4.29. The molecule has 1 aromatic rings. The molecular formula is C13H15ClO4. The molecule has 0 aromatic heterocycles. The van der Waals surface area contributed by atoms with E-state index in [1.165, 1.54) is 0 Å². The number of halogens is 1. The van der Waals surface area contributed by atoms with Crippen LogP contribution >= 0.6 is 11.6 Å². The van der Waals surface area contributed by atoms with Crippen LogP contribution in [0.15, 0.2) is 24.3 Å². The molecule has 0 amide bonds. The largest absolute Gasteiger partial charge is 0.481 e. The number of ether oxygens (including phenoxy) is 1. The van der Waals surface area contributed by atoms with E-state index in [4.69, 9.17) is 21.4 Å². The molecule has 18 heavy (non-hydrogen) atoms. The van der Waals surface area contributed by atoms with Crippen LogP contribution in [0.1, 0.15) is 31.2 Å². The summed E-state index contributed by atoms with van der Waals surface area (Å²) in [6, 6.07) is 6.82. The van der Waals surface area contributed by atoms with Gasteiger partial charge in [0.25, 0.3) is 0 Å². The lowest BCUT2D eigenvalue weighted by molar-refractivity contribution is -0.144. The van der Waals surface area contributed by atoms with Gasteiger partial charge in [-0.25, -0.2) is 0 Å². The van der Waals surface area contributed by atoms with E-state index in [1.54, 1.807) is 31.2 Å². The van der Waals surface area contributed by atoms with Crippen LogP contribution in [0.4, 0.5) is 0 Å². The molecule has 0 heterocycles. The van der Waals surface area contributed by atoms with E-state index >= 15 is 0 Å². The molecule has 1 atom stereocenters. The van der Waals surface area contributed by atoms with Gasteiger partial charge in [0.1, 0.15) is 0 Å². The Morgan fingerprint density at radius 1 is 1.28 bits per heavy atom. The number of carboxylic acid groups (broad SMARTS) is 1. The minimum atomic E-state index is -0.945. The molecule has 0 radical (unpaired) electrons. The van der Waals surface area contributed by atoms with Crippen molar-refractivity contribution in [2.24, 2.45) is 0 Å². The Labute approximate surface area is 111 Å². The maximum absolute atomic E-state index is 11.4. The van der Waals surface area contributed by atoms with Gasteiger partial charge in [-0.1, -0.05) is 23.7 Å². The Morgan fingerprint density at radius 3 is 2.39 bits per heavy atom. The maximum atomic E-state index is 11.4. The third-order valence-corrected chi connectivity index (χ3v) is 2.73. The van der Waals surface area contributed by atoms with Crippen molar-refractivity contribution >= 4 is 23.5 Å². The van der Waals surface area contributed by atoms with Crippen LogP contribution < -0.4 is 0 Å². The molecule has 1 aromatic carbocycles. The predicted octanol–water partition coefficient (Wildman–Crippen LogP) is 2.85. The molecule has 0 bridgehead atoms. The number of carbonyl (C=O) groups is 2. The van der Waals surface area contributed by atoms with Gasteiger partial charge < -0.3 is 9.84 Å². The number of aliphatic carboxylic acids is 1. The summed E-state index contributed by atoms with van der Waals surface area (Å²) in [5, 5.41) is 9.44. The third kappa shape index (κ3) is 4.75. The molecule has 0 aliphatic heterocycles. The first-order valence-corrected chi connectivity index (χ1v) is 6.03. The molecule has 0 fully saturated rings. The number of esters is 1. The molecule has 0 aliphatic rings. The molecule has 5 heteroatoms. The number of carbonyl (C=O) groups excluding carboxylic acids is 1. The second kappa shape index (κ2) is 7.01. The summed E-state index contributed by atoms with van der Waals surface area (Å²) in [7, 11) is 0. The molecular weight excluding hydrogens is 256 g/mol. The van der Waals surface area contributed by atoms with E-state index in [-0.39, 0.29) is 18.8 Å². The van der Waals surface area contributed by atoms with Crippen molar-refractivity contribution in [2.45, 2.75) is 25.7 Å². The summed E-state index contributed by atoms with van der Waals surface area (Å²) in [6.45, 7) is 2.01. The summed E-state index contributed by atoms with van der Waals surface area (Å²) in [5.41, 5.74) is 0.773. The summed E-state index contributed by atoms with van der Waals surface area (Å²) < 4.78 is 4.84. The Hall–Kier alpha value is -1.55. The Bertz CT molecular complexity index is 414. The van der Waals surface area contributed by atoms with Crippen molar-refractivity contribution in [3.63, 3.8) is 0 Å². The standard InChI is InChI=1S/C13H15ClO4/c1-2-18-13(17)8-10(7-12(15)16)9-3-5-11(14)6-4-9/h3-6,10H,2,7-8H2,1H3,(H,15,16)/t10-/m1/s1. The van der Waals surface area contributed by atoms with Crippen molar-refractivity contribution < 1.29 is 19.4 Å². The Balaban J connectivity index is 2.80. The normalized spacial score (nSPS) is 11.9. The number of benzene rings is 1. The van der Waals surface area contributed by atoms with Gasteiger partial charge in [0, 0.05) is 10.9 Å². The Kier molecular flexibility index (Phi) is 5.65. The minimum absolute atomic E-state index is 0.0573. The number of rotatable bonds is 6. The molecule has 4 nitrogen and oxygen atoms in total. The van der Waals surface area contributed by atoms with Gasteiger partial charge in [0.15, 0.2) is 0 Å². The second-order valence-electron chi connectivity index (χ2n) is 3.86. The molecule has 0 saturated carbocycles. The van der Waals surface area contributed by atoms with Crippen molar-refractivity contribution in [1.82, 2.24) is 0 Å². The van der Waals surface area contributed by atoms with Crippen molar-refractivity contribution in [3.8, 4) is 0 Å². The van der Waals surface area contributed by atoms with Crippen LogP contribution in [-0.2, 0) is 14.3 Å². The van der Waals surface area contributed by atoms with Crippen LogP contribution in [0.3, 0.4) is 0 Å². The number of hydrogen-bond donors (Lipinski definition) is 1. The first-order chi connectivity index (χ1) is 8.52. The lowest BCUT2D eigenvalue weighted by Gasteiger charge is -2.14. The van der Waals surface area contributed by atoms with E-state index in [2.05, 4.69) is 0 Å². The fourth-order valence-electron chi connectivity index (χ4n) is 1.67. The fourth-order valence-corrected chi connectivity index (χ4v) is 1.80. The quantitative estimate of drug-likeness (QED) is 0.808. The van der Waals surface area contributed by atoms with Crippen molar-refractivity contribution in [2.75, 3.05) is 6.61 Å². The van der Waals surface area contributed by atoms with Crippen LogP contribution in [-0.4, -0.2) is 23.7 Å². The van der Waals surface area contributed by atoms with E-state index in [0.717, 1.165) is 5.56 Å². The summed E-state index contributed by atoms with van der Waals surface area (Å²) >= 11 is 5.77. The third-order valence-electron chi connectivity index (χ3n) is 2.48. The van der Waals surface area contributed by atoms with Crippen LogP contribution in [0.5, 0.6) is 0 Å². The lowest BCUT2D eigenvalue weighted by Crippen LogP contribution is -2.13. The summed E-state index contributed by atoms with van der Waals surface area (Å²) in [4.78, 5) is 22.2. The van der Waals surface area contributed by atoms with E-state index in [1.807, 2.05) is 0 Å². The molecule has 98 valence electrons. The van der Waals surface area contributed by atoms with Crippen LogP contribution in [0.25, 0.3) is 0 Å². The maximum Gasteiger partial charge on any atom is 0.306 e. The molecule has 0 saturated heterocycles. The summed E-state index contributed by atoms with van der Waals surface area (Å²) in [5.74, 6) is -1.73. The van der Waals surface area contributed by atoms with Gasteiger partial charge in [-0.05, 0) is 24.6 Å². The highest BCUT2D eigenvalue weighted by Crippen LogP contribution is 2.25. The zero-order valence-corrected chi connectivity index (χ0v) is 10.8. The SMILES string of the molecule is CCOC(=O)C[C@@H](CC(=O)O)c1ccc(Cl)cc1. The highest BCUT2D eigenvalue weighted by molar-refractivity contribution is 6.30. The highest BCUT2D eigenvalue weighted by Gasteiger charge is 2.20. The van der Waals surface area contributed by atoms with Gasteiger partial charge in [-0.15, -0.1) is 0 Å². The van der Waals surface area contributed by atoms with Crippen LogP contribution in [0.2, 0.25) is 5.02 Å². The molecule has 0 aliphatic carbocycles. The molecule has 0 spiro atoms. The first kappa shape index (κ1) is 14.5. The Morgan fingerprint density at radius 2 is 1.89 bits per heavy atom. The fraction of sp³-hybridized carbons (Fsp3) is 0.385. The topological polar surface area (TPSA) is 63.6 Å². The van der Waals surface area contributed by atoms with E-state index in [9.17, 15) is 9.59 Å². The van der Waals surface area contributed by atoms with Gasteiger partial charge >= 0.3 is 11.9 Å². The summed E-state index contributed by atoms with van der Waals surface area (Å²) in [6.07, 6.45) is -0.0534. The first-order valence-electron chi connectivity index (χ1n) is 5.65. The number of hydrogen-bond acceptors (Lipinski definition) is 3. The molecule has 1 rings (SSSR count). The van der Waals surface area contributed by atoms with Gasteiger partial charge in [-0.2, -0.15) is 0 Å². The monoisotopic (exact) mass is 270 g/mol. The zero-order chi connectivity index (χ0) is 13.5. The van der Waals surface area contributed by atoms with Gasteiger partial charge in [0.2, 0.25) is 0 Å². The zero-order valence-electron chi connectivity index (χ0n) is 10.1. The van der Waals surface area contributed by atoms with E-state index < -0.39 is 11.9 Å². The molecule has 1 N–H and O–H groups in total. The van der Waals surface area contributed by atoms with E-state index in [0.29, 0.717) is 11.6 Å². The van der Waals surface area contributed by atoms with Crippen LogP contribution in [0, 0.1) is 0 Å².